The van der Waals surface area contributed by atoms with Gasteiger partial charge in [0.05, 0.1) is 23.3 Å². The number of carbonyl (C=O) groups excluding carboxylic acids is 1. The molecule has 3 aromatic rings. The van der Waals surface area contributed by atoms with E-state index in [4.69, 9.17) is 4.74 Å². The molecule has 11 heteroatoms. The van der Waals surface area contributed by atoms with Crippen molar-refractivity contribution in [2.24, 2.45) is 0 Å². The van der Waals surface area contributed by atoms with Gasteiger partial charge in [0, 0.05) is 17.6 Å². The van der Waals surface area contributed by atoms with Crippen molar-refractivity contribution in [2.75, 3.05) is 24.5 Å². The van der Waals surface area contributed by atoms with Gasteiger partial charge < -0.3 is 4.74 Å². The molecule has 0 aliphatic rings. The zero-order chi connectivity index (χ0) is 24.1. The minimum Gasteiger partial charge on any atom is -0.465 e. The lowest BCUT2D eigenvalue weighted by Crippen LogP contribution is -2.39. The maximum Gasteiger partial charge on any atom is 0.339 e. The Morgan fingerprint density at radius 3 is 2.15 bits per heavy atom. The van der Waals surface area contributed by atoms with Crippen LogP contribution >= 0.6 is 15.9 Å². The fraction of sp³-hybridized carbons (Fsp3) is 0.136. The molecular formula is C22H21BrN2O6S2. The van der Waals surface area contributed by atoms with Crippen LogP contribution in [-0.2, 0) is 24.8 Å². The minimum absolute atomic E-state index is 0.0517. The highest BCUT2D eigenvalue weighted by Crippen LogP contribution is 2.26. The molecule has 0 bridgehead atoms. The number of sulfonamides is 2. The first-order valence-corrected chi connectivity index (χ1v) is 13.4. The van der Waals surface area contributed by atoms with Crippen LogP contribution in [0.3, 0.4) is 0 Å². The van der Waals surface area contributed by atoms with Gasteiger partial charge in [0.15, 0.2) is 0 Å². The highest BCUT2D eigenvalue weighted by molar-refractivity contribution is 9.10. The summed E-state index contributed by atoms with van der Waals surface area (Å²) in [7, 11) is -6.93. The Kier molecular flexibility index (Phi) is 7.90. The molecule has 3 rings (SSSR count). The van der Waals surface area contributed by atoms with Crippen LogP contribution in [0.25, 0.3) is 0 Å². The number of hydrogen-bond acceptors (Lipinski definition) is 6. The largest absolute Gasteiger partial charge is 0.465 e. The monoisotopic (exact) mass is 552 g/mol. The number of ether oxygens (including phenoxy) is 1. The van der Waals surface area contributed by atoms with E-state index in [-0.39, 0.29) is 28.4 Å². The van der Waals surface area contributed by atoms with Crippen molar-refractivity contribution in [3.63, 3.8) is 0 Å². The van der Waals surface area contributed by atoms with Gasteiger partial charge in [-0.05, 0) is 48.5 Å². The Bertz CT molecular complexity index is 1330. The van der Waals surface area contributed by atoms with E-state index < -0.39 is 26.0 Å². The molecule has 33 heavy (non-hydrogen) atoms. The molecule has 0 heterocycles. The number of hydrogen-bond donors (Lipinski definition) is 1. The zero-order valence-electron chi connectivity index (χ0n) is 17.5. The van der Waals surface area contributed by atoms with Crippen molar-refractivity contribution in [1.82, 2.24) is 4.72 Å². The molecule has 174 valence electrons. The summed E-state index contributed by atoms with van der Waals surface area (Å²) in [5.41, 5.74) is 0.205. The van der Waals surface area contributed by atoms with E-state index in [9.17, 15) is 21.6 Å². The summed E-state index contributed by atoms with van der Waals surface area (Å²) in [6.45, 7) is -0.412. The van der Waals surface area contributed by atoms with Crippen molar-refractivity contribution >= 4 is 47.6 Å². The normalized spacial score (nSPS) is 11.7. The fourth-order valence-corrected chi connectivity index (χ4v) is 5.98. The molecule has 0 spiro atoms. The van der Waals surface area contributed by atoms with Crippen LogP contribution in [0, 0.1) is 0 Å². The number of anilines is 1. The van der Waals surface area contributed by atoms with E-state index in [1.165, 1.54) is 36.4 Å². The number of benzene rings is 3. The number of methoxy groups -OCH3 is 1. The van der Waals surface area contributed by atoms with Crippen molar-refractivity contribution in [3.05, 3.63) is 88.9 Å². The molecule has 0 aliphatic carbocycles. The summed E-state index contributed by atoms with van der Waals surface area (Å²) < 4.78 is 61.3. The van der Waals surface area contributed by atoms with Gasteiger partial charge in [-0.2, -0.15) is 0 Å². The summed E-state index contributed by atoms with van der Waals surface area (Å²) >= 11 is 3.25. The second kappa shape index (κ2) is 10.5. The van der Waals surface area contributed by atoms with Gasteiger partial charge in [-0.3, -0.25) is 4.31 Å². The highest BCUT2D eigenvalue weighted by atomic mass is 79.9. The summed E-state index contributed by atoms with van der Waals surface area (Å²) in [5, 5.41) is 0. The van der Waals surface area contributed by atoms with Crippen LogP contribution in [0.2, 0.25) is 0 Å². The molecule has 0 fully saturated rings. The van der Waals surface area contributed by atoms with Crippen LogP contribution in [0.1, 0.15) is 10.4 Å². The van der Waals surface area contributed by atoms with E-state index in [1.807, 2.05) is 0 Å². The summed E-state index contributed by atoms with van der Waals surface area (Å²) in [5.74, 6) is -0.793. The quantitative estimate of drug-likeness (QED) is 0.407. The van der Waals surface area contributed by atoms with Gasteiger partial charge in [0.1, 0.15) is 4.90 Å². The van der Waals surface area contributed by atoms with Crippen LogP contribution in [0.5, 0.6) is 0 Å². The predicted octanol–water partition coefficient (Wildman–Crippen LogP) is 3.41. The molecule has 3 aromatic carbocycles. The third-order valence-electron chi connectivity index (χ3n) is 4.64. The topological polar surface area (TPSA) is 110 Å². The van der Waals surface area contributed by atoms with E-state index in [0.717, 1.165) is 15.9 Å². The molecule has 0 aliphatic heterocycles. The van der Waals surface area contributed by atoms with Crippen molar-refractivity contribution in [3.8, 4) is 0 Å². The van der Waals surface area contributed by atoms with E-state index in [1.54, 1.807) is 42.5 Å². The number of nitrogens with zero attached hydrogens (tertiary/aromatic N) is 1. The molecule has 0 radical (unpaired) electrons. The lowest BCUT2D eigenvalue weighted by Gasteiger charge is -2.25. The molecule has 0 unspecified atom stereocenters. The number of esters is 1. The predicted molar refractivity (Wildman–Crippen MR) is 128 cm³/mol. The second-order valence-corrected chi connectivity index (χ2v) is 11.3. The van der Waals surface area contributed by atoms with Crippen LogP contribution in [0.15, 0.2) is 93.1 Å². The van der Waals surface area contributed by atoms with Gasteiger partial charge in [0.25, 0.3) is 10.0 Å². The smallest absolute Gasteiger partial charge is 0.339 e. The van der Waals surface area contributed by atoms with E-state index >= 15 is 0 Å². The average Bonchev–Trinajstić information content (AvgIpc) is 2.82. The number of para-hydroxylation sites is 1. The van der Waals surface area contributed by atoms with E-state index in [0.29, 0.717) is 5.69 Å². The molecule has 0 saturated carbocycles. The average molecular weight is 553 g/mol. The van der Waals surface area contributed by atoms with Crippen molar-refractivity contribution in [1.29, 1.82) is 0 Å². The SMILES string of the molecule is COC(=O)c1ccccc1S(=O)(=O)N(CCNS(=O)(=O)c1ccc(Br)cc1)c1ccccc1. The first-order chi connectivity index (χ1) is 15.7. The molecular weight excluding hydrogens is 532 g/mol. The number of nitrogens with one attached hydrogen (secondary N) is 1. The number of halogens is 1. The minimum atomic E-state index is -4.24. The lowest BCUT2D eigenvalue weighted by molar-refractivity contribution is 0.0596. The number of carbonyl (C=O) groups is 1. The highest BCUT2D eigenvalue weighted by Gasteiger charge is 2.30. The second-order valence-electron chi connectivity index (χ2n) is 6.75. The third-order valence-corrected chi connectivity index (χ3v) is 8.53. The molecule has 0 amide bonds. The maximum absolute atomic E-state index is 13.6. The van der Waals surface area contributed by atoms with Crippen LogP contribution < -0.4 is 9.03 Å². The van der Waals surface area contributed by atoms with Gasteiger partial charge in [-0.1, -0.05) is 46.3 Å². The van der Waals surface area contributed by atoms with Crippen LogP contribution in [0.4, 0.5) is 5.69 Å². The maximum atomic E-state index is 13.6. The summed E-state index contributed by atoms with van der Waals surface area (Å²) in [4.78, 5) is 12.0. The Hall–Kier alpha value is -2.73. The molecule has 0 saturated heterocycles. The first kappa shape index (κ1) is 24.9. The third kappa shape index (κ3) is 5.80. The summed E-state index contributed by atoms with van der Waals surface area (Å²) in [6, 6.07) is 20.0. The molecule has 0 aromatic heterocycles. The van der Waals surface area contributed by atoms with Gasteiger partial charge >= 0.3 is 5.97 Å². The van der Waals surface area contributed by atoms with Crippen molar-refractivity contribution < 1.29 is 26.4 Å². The number of rotatable bonds is 9. The standard InChI is InChI=1S/C22H21BrN2O6S2/c1-31-22(26)20-9-5-6-10-21(20)33(29,30)25(18-7-3-2-4-8-18)16-15-24-32(27,28)19-13-11-17(23)12-14-19/h2-14,24H,15-16H2,1H3. The van der Waals surface area contributed by atoms with E-state index in [2.05, 4.69) is 20.7 Å². The zero-order valence-corrected chi connectivity index (χ0v) is 20.7. The van der Waals surface area contributed by atoms with Gasteiger partial charge in [0.2, 0.25) is 10.0 Å². The Labute approximate surface area is 201 Å². The van der Waals surface area contributed by atoms with Crippen LogP contribution in [-0.4, -0.2) is 43.0 Å². The summed E-state index contributed by atoms with van der Waals surface area (Å²) in [6.07, 6.45) is 0. The molecule has 8 nitrogen and oxygen atoms in total. The Balaban J connectivity index is 1.92. The fourth-order valence-electron chi connectivity index (χ4n) is 3.05. The Morgan fingerprint density at radius 2 is 1.52 bits per heavy atom. The van der Waals surface area contributed by atoms with Gasteiger partial charge in [-0.15, -0.1) is 0 Å². The van der Waals surface area contributed by atoms with Crippen molar-refractivity contribution in [2.45, 2.75) is 9.79 Å². The Morgan fingerprint density at radius 1 is 0.909 bits per heavy atom. The first-order valence-electron chi connectivity index (χ1n) is 9.67. The van der Waals surface area contributed by atoms with Gasteiger partial charge in [-0.25, -0.2) is 26.4 Å². The molecule has 1 N–H and O–H groups in total. The lowest BCUT2D eigenvalue weighted by atomic mass is 10.2. The molecule has 0 atom stereocenters.